The predicted molar refractivity (Wildman–Crippen MR) is 58.8 cm³/mol. The molecule has 0 aromatic heterocycles. The Balaban J connectivity index is 2.12. The molecule has 0 amide bonds. The maximum Gasteiger partial charge on any atom is 0.161 e. The number of hydrogen-bond donors (Lipinski definition) is 1. The lowest BCUT2D eigenvalue weighted by atomic mass is 10.2. The lowest BCUT2D eigenvalue weighted by molar-refractivity contribution is 0.283. The van der Waals surface area contributed by atoms with Gasteiger partial charge in [-0.3, -0.25) is 0 Å². The summed E-state index contributed by atoms with van der Waals surface area (Å²) in [7, 11) is 0. The zero-order chi connectivity index (χ0) is 12.3. The van der Waals surface area contributed by atoms with Crippen molar-refractivity contribution in [1.29, 1.82) is 0 Å². The van der Waals surface area contributed by atoms with Crippen LogP contribution in [-0.4, -0.2) is 5.11 Å². The molecule has 0 radical (unpaired) electrons. The van der Waals surface area contributed by atoms with E-state index in [0.29, 0.717) is 0 Å². The average Bonchev–Trinajstić information content (AvgIpc) is 2.32. The van der Waals surface area contributed by atoms with Gasteiger partial charge in [0.15, 0.2) is 11.5 Å². The summed E-state index contributed by atoms with van der Waals surface area (Å²) in [6, 6.07) is 9.47. The molecule has 0 saturated heterocycles. The molecule has 0 spiro atoms. The summed E-state index contributed by atoms with van der Waals surface area (Å²) >= 11 is 0. The Morgan fingerprint density at radius 3 is 2.59 bits per heavy atom. The van der Waals surface area contributed by atoms with Crippen molar-refractivity contribution in [3.63, 3.8) is 0 Å². The third kappa shape index (κ3) is 2.72. The van der Waals surface area contributed by atoms with E-state index < -0.39 is 11.6 Å². The monoisotopic (exact) mass is 236 g/mol. The maximum atomic E-state index is 13.3. The van der Waals surface area contributed by atoms with Gasteiger partial charge in [-0.15, -0.1) is 0 Å². The number of benzene rings is 2. The van der Waals surface area contributed by atoms with Crippen LogP contribution in [0.25, 0.3) is 0 Å². The van der Waals surface area contributed by atoms with Gasteiger partial charge in [-0.05, 0) is 30.3 Å². The Morgan fingerprint density at radius 1 is 1.06 bits per heavy atom. The van der Waals surface area contributed by atoms with E-state index in [2.05, 4.69) is 0 Å². The summed E-state index contributed by atoms with van der Waals surface area (Å²) < 4.78 is 31.3. The van der Waals surface area contributed by atoms with Crippen LogP contribution in [0.1, 0.15) is 5.56 Å². The Bertz CT molecular complexity index is 527. The molecular formula is C13H10F2O2. The van der Waals surface area contributed by atoms with Crippen LogP contribution in [0.15, 0.2) is 42.5 Å². The molecule has 88 valence electrons. The van der Waals surface area contributed by atoms with E-state index >= 15 is 0 Å². The molecule has 0 heterocycles. The number of ether oxygens (including phenoxy) is 1. The fraction of sp³-hybridized carbons (Fsp3) is 0.0769. The first-order chi connectivity index (χ1) is 8.16. The lowest BCUT2D eigenvalue weighted by Gasteiger charge is -2.08. The molecule has 0 unspecified atom stereocenters. The van der Waals surface area contributed by atoms with Gasteiger partial charge in [-0.25, -0.2) is 8.78 Å². The van der Waals surface area contributed by atoms with Gasteiger partial charge in [0.2, 0.25) is 0 Å². The van der Waals surface area contributed by atoms with Gasteiger partial charge in [-0.1, -0.05) is 12.1 Å². The van der Waals surface area contributed by atoms with E-state index in [0.717, 1.165) is 18.2 Å². The molecule has 2 rings (SSSR count). The molecule has 0 aliphatic rings. The summed E-state index contributed by atoms with van der Waals surface area (Å²) in [5.74, 6) is -0.871. The molecule has 2 aromatic carbocycles. The maximum absolute atomic E-state index is 13.3. The minimum Gasteiger partial charge on any atom is -0.504 e. The van der Waals surface area contributed by atoms with E-state index in [-0.39, 0.29) is 23.7 Å². The molecular weight excluding hydrogens is 226 g/mol. The van der Waals surface area contributed by atoms with E-state index in [4.69, 9.17) is 4.74 Å². The van der Waals surface area contributed by atoms with Crippen molar-refractivity contribution in [2.75, 3.05) is 0 Å². The van der Waals surface area contributed by atoms with Crippen LogP contribution < -0.4 is 4.74 Å². The first kappa shape index (κ1) is 11.4. The number of phenols is 1. The van der Waals surface area contributed by atoms with Crippen molar-refractivity contribution in [1.82, 2.24) is 0 Å². The molecule has 0 bridgehead atoms. The highest BCUT2D eigenvalue weighted by Crippen LogP contribution is 2.25. The highest BCUT2D eigenvalue weighted by molar-refractivity contribution is 5.38. The standard InChI is InChI=1S/C13H10F2O2/c14-10-5-6-11(15)9(7-10)8-17-13-4-2-1-3-12(13)16/h1-7,16H,8H2. The number of halogens is 2. The number of para-hydroxylation sites is 2. The summed E-state index contributed by atoms with van der Waals surface area (Å²) in [6.07, 6.45) is 0. The highest BCUT2D eigenvalue weighted by atomic mass is 19.1. The first-order valence-electron chi connectivity index (χ1n) is 5.01. The molecule has 0 aliphatic heterocycles. The minimum absolute atomic E-state index is 0.0377. The molecule has 1 N–H and O–H groups in total. The highest BCUT2D eigenvalue weighted by Gasteiger charge is 2.06. The van der Waals surface area contributed by atoms with Crippen molar-refractivity contribution in [2.24, 2.45) is 0 Å². The minimum atomic E-state index is -0.540. The van der Waals surface area contributed by atoms with Crippen LogP contribution in [0.4, 0.5) is 8.78 Å². The van der Waals surface area contributed by atoms with Gasteiger partial charge in [0, 0.05) is 5.56 Å². The second-order valence-electron chi connectivity index (χ2n) is 3.49. The van der Waals surface area contributed by atoms with Crippen molar-refractivity contribution in [3.05, 3.63) is 59.7 Å². The molecule has 2 nitrogen and oxygen atoms in total. The number of rotatable bonds is 3. The normalized spacial score (nSPS) is 10.2. The third-order valence-corrected chi connectivity index (χ3v) is 2.26. The van der Waals surface area contributed by atoms with Crippen molar-refractivity contribution in [3.8, 4) is 11.5 Å². The van der Waals surface area contributed by atoms with Gasteiger partial charge < -0.3 is 9.84 Å². The molecule has 0 aliphatic carbocycles. The van der Waals surface area contributed by atoms with Crippen LogP contribution in [-0.2, 0) is 6.61 Å². The Labute approximate surface area is 97.1 Å². The van der Waals surface area contributed by atoms with Crippen LogP contribution in [0, 0.1) is 11.6 Å². The van der Waals surface area contributed by atoms with Crippen LogP contribution in [0.2, 0.25) is 0 Å². The lowest BCUT2D eigenvalue weighted by Crippen LogP contribution is -1.99. The smallest absolute Gasteiger partial charge is 0.161 e. The molecule has 0 saturated carbocycles. The van der Waals surface area contributed by atoms with E-state index in [1.807, 2.05) is 0 Å². The van der Waals surface area contributed by atoms with Crippen LogP contribution >= 0.6 is 0 Å². The first-order valence-corrected chi connectivity index (χ1v) is 5.01. The van der Waals surface area contributed by atoms with Crippen molar-refractivity contribution in [2.45, 2.75) is 6.61 Å². The third-order valence-electron chi connectivity index (χ3n) is 2.26. The number of phenolic OH excluding ortho intramolecular Hbond substituents is 1. The molecule has 17 heavy (non-hydrogen) atoms. The quantitative estimate of drug-likeness (QED) is 0.886. The van der Waals surface area contributed by atoms with E-state index in [1.54, 1.807) is 18.2 Å². The topological polar surface area (TPSA) is 29.5 Å². The Morgan fingerprint density at radius 2 is 1.82 bits per heavy atom. The molecule has 0 fully saturated rings. The van der Waals surface area contributed by atoms with Gasteiger partial charge >= 0.3 is 0 Å². The molecule has 2 aromatic rings. The fourth-order valence-corrected chi connectivity index (χ4v) is 1.39. The second kappa shape index (κ2) is 4.82. The van der Waals surface area contributed by atoms with Crippen LogP contribution in [0.5, 0.6) is 11.5 Å². The SMILES string of the molecule is Oc1ccccc1OCc1cc(F)ccc1F. The predicted octanol–water partition coefficient (Wildman–Crippen LogP) is 3.25. The summed E-state index contributed by atoms with van der Waals surface area (Å²) in [6.45, 7) is -0.138. The number of aromatic hydroxyl groups is 1. The summed E-state index contributed by atoms with van der Waals surface area (Å²) in [5, 5.41) is 9.42. The zero-order valence-corrected chi connectivity index (χ0v) is 8.86. The summed E-state index contributed by atoms with van der Waals surface area (Å²) in [4.78, 5) is 0. The second-order valence-corrected chi connectivity index (χ2v) is 3.49. The molecule has 4 heteroatoms. The fourth-order valence-electron chi connectivity index (χ4n) is 1.39. The van der Waals surface area contributed by atoms with Gasteiger partial charge in [-0.2, -0.15) is 0 Å². The van der Waals surface area contributed by atoms with Crippen molar-refractivity contribution < 1.29 is 18.6 Å². The Kier molecular flexibility index (Phi) is 3.23. The summed E-state index contributed by atoms with van der Waals surface area (Å²) in [5.41, 5.74) is 0.105. The van der Waals surface area contributed by atoms with Crippen LogP contribution in [0.3, 0.4) is 0 Å². The van der Waals surface area contributed by atoms with Gasteiger partial charge in [0.1, 0.15) is 18.2 Å². The zero-order valence-electron chi connectivity index (χ0n) is 8.86. The Hall–Kier alpha value is -2.10. The van der Waals surface area contributed by atoms with Crippen molar-refractivity contribution >= 4 is 0 Å². The average molecular weight is 236 g/mol. The molecule has 0 atom stereocenters. The van der Waals surface area contributed by atoms with Gasteiger partial charge in [0.25, 0.3) is 0 Å². The van der Waals surface area contributed by atoms with E-state index in [9.17, 15) is 13.9 Å². The van der Waals surface area contributed by atoms with E-state index in [1.165, 1.54) is 6.07 Å². The largest absolute Gasteiger partial charge is 0.504 e. The van der Waals surface area contributed by atoms with Gasteiger partial charge in [0.05, 0.1) is 0 Å². The number of hydrogen-bond acceptors (Lipinski definition) is 2.